The summed E-state index contributed by atoms with van der Waals surface area (Å²) in [6.07, 6.45) is -1.77. The maximum absolute atomic E-state index is 10.3. The predicted octanol–water partition coefficient (Wildman–Crippen LogP) is 0.838. The molecule has 0 saturated carbocycles. The molecule has 1 rings (SSSR count). The Hall–Kier alpha value is -1.46. The first-order valence-corrected chi connectivity index (χ1v) is 4.19. The zero-order valence-electron chi connectivity index (χ0n) is 7.08. The van der Waals surface area contributed by atoms with E-state index in [1.807, 2.05) is 0 Å². The van der Waals surface area contributed by atoms with E-state index in [0.717, 1.165) is 0 Å². The van der Waals surface area contributed by atoms with Gasteiger partial charge in [0.15, 0.2) is 0 Å². The largest absolute Gasteiger partial charge is 0.479 e. The first kappa shape index (κ1) is 10.6. The van der Waals surface area contributed by atoms with Crippen molar-refractivity contribution < 1.29 is 19.7 Å². The van der Waals surface area contributed by atoms with Crippen molar-refractivity contribution in [3.63, 3.8) is 0 Å². The topological polar surface area (TPSA) is 66.8 Å². The number of aliphatic hydroxyl groups is 1. The summed E-state index contributed by atoms with van der Waals surface area (Å²) in [5.74, 6) is -1.02. The van der Waals surface area contributed by atoms with E-state index in [0.29, 0.717) is 5.75 Å². The number of rotatable bonds is 3. The van der Waals surface area contributed by atoms with Crippen molar-refractivity contribution in [2.24, 2.45) is 0 Å². The Kier molecular flexibility index (Phi) is 3.55. The Bertz CT molecular complexity index is 336. The fraction of sp³-hybridized carbons (Fsp3) is 0.111. The molecule has 4 nitrogen and oxygen atoms in total. The van der Waals surface area contributed by atoms with Crippen molar-refractivity contribution in [3.05, 3.63) is 30.3 Å². The van der Waals surface area contributed by atoms with E-state index in [1.165, 1.54) is 0 Å². The zero-order chi connectivity index (χ0) is 10.6. The van der Waals surface area contributed by atoms with E-state index in [-0.39, 0.29) is 5.05 Å². The molecular weight excluding hydrogens is 204 g/mol. The van der Waals surface area contributed by atoms with E-state index in [2.05, 4.69) is 12.2 Å². The molecule has 74 valence electrons. The summed E-state index contributed by atoms with van der Waals surface area (Å²) in [5, 5.41) is 17.0. The number of carboxylic acids is 1. The van der Waals surface area contributed by atoms with Gasteiger partial charge in [-0.15, -0.1) is 0 Å². The highest BCUT2D eigenvalue weighted by Gasteiger charge is 2.20. The van der Waals surface area contributed by atoms with Crippen LogP contribution in [-0.2, 0) is 4.79 Å². The summed E-state index contributed by atoms with van der Waals surface area (Å²) in [6.45, 7) is 0. The van der Waals surface area contributed by atoms with Crippen molar-refractivity contribution in [2.45, 2.75) is 6.10 Å². The SMILES string of the molecule is O=C(O)C(O)C(=S)Oc1ccccc1. The number of benzene rings is 1. The third-order valence-electron chi connectivity index (χ3n) is 1.42. The van der Waals surface area contributed by atoms with Gasteiger partial charge in [-0.3, -0.25) is 0 Å². The highest BCUT2D eigenvalue weighted by Crippen LogP contribution is 2.10. The molecule has 0 amide bonds. The normalized spacial score (nSPS) is 11.8. The molecule has 0 aliphatic carbocycles. The first-order chi connectivity index (χ1) is 6.61. The molecule has 0 bridgehead atoms. The minimum absolute atomic E-state index is 0.372. The quantitative estimate of drug-likeness (QED) is 0.727. The van der Waals surface area contributed by atoms with Crippen LogP contribution in [-0.4, -0.2) is 27.3 Å². The van der Waals surface area contributed by atoms with E-state index >= 15 is 0 Å². The van der Waals surface area contributed by atoms with Crippen LogP contribution in [0.15, 0.2) is 30.3 Å². The van der Waals surface area contributed by atoms with Crippen molar-refractivity contribution in [2.75, 3.05) is 0 Å². The summed E-state index contributed by atoms with van der Waals surface area (Å²) in [7, 11) is 0. The molecule has 14 heavy (non-hydrogen) atoms. The van der Waals surface area contributed by atoms with Gasteiger partial charge in [0.2, 0.25) is 11.2 Å². The van der Waals surface area contributed by atoms with Gasteiger partial charge in [0.1, 0.15) is 5.75 Å². The van der Waals surface area contributed by atoms with Crippen LogP contribution in [0.1, 0.15) is 0 Å². The molecule has 0 aliphatic rings. The zero-order valence-corrected chi connectivity index (χ0v) is 7.90. The lowest BCUT2D eigenvalue weighted by atomic mass is 10.3. The summed E-state index contributed by atoms with van der Waals surface area (Å²) in [5.41, 5.74) is 0. The molecule has 0 aliphatic heterocycles. The lowest BCUT2D eigenvalue weighted by molar-refractivity contribution is -0.143. The van der Waals surface area contributed by atoms with Crippen LogP contribution in [0.3, 0.4) is 0 Å². The summed E-state index contributed by atoms with van der Waals surface area (Å²) in [6, 6.07) is 8.43. The van der Waals surface area contributed by atoms with Gasteiger partial charge in [0, 0.05) is 0 Å². The molecule has 1 unspecified atom stereocenters. The summed E-state index contributed by atoms with van der Waals surface area (Å²) >= 11 is 4.58. The van der Waals surface area contributed by atoms with Crippen molar-refractivity contribution >= 4 is 23.2 Å². The van der Waals surface area contributed by atoms with Crippen LogP contribution in [0, 0.1) is 0 Å². The van der Waals surface area contributed by atoms with Gasteiger partial charge in [-0.1, -0.05) is 18.2 Å². The number of hydrogen-bond acceptors (Lipinski definition) is 4. The highest BCUT2D eigenvalue weighted by atomic mass is 32.1. The van der Waals surface area contributed by atoms with Crippen molar-refractivity contribution in [3.8, 4) is 5.75 Å². The van der Waals surface area contributed by atoms with Crippen LogP contribution < -0.4 is 4.74 Å². The molecule has 0 radical (unpaired) electrons. The average Bonchev–Trinajstić information content (AvgIpc) is 2.18. The van der Waals surface area contributed by atoms with Crippen LogP contribution in [0.25, 0.3) is 0 Å². The number of carbonyl (C=O) groups is 1. The molecule has 1 aromatic rings. The molecule has 1 atom stereocenters. The molecule has 0 saturated heterocycles. The maximum atomic E-state index is 10.3. The number of carboxylic acid groups (broad SMARTS) is 1. The second-order valence-electron chi connectivity index (χ2n) is 2.47. The number of ether oxygens (including phenoxy) is 1. The molecule has 0 fully saturated rings. The maximum Gasteiger partial charge on any atom is 0.341 e. The van der Waals surface area contributed by atoms with Gasteiger partial charge in [-0.05, 0) is 24.4 Å². The van der Waals surface area contributed by atoms with Gasteiger partial charge in [-0.2, -0.15) is 0 Å². The lowest BCUT2D eigenvalue weighted by Crippen LogP contribution is -2.31. The van der Waals surface area contributed by atoms with E-state index in [1.54, 1.807) is 30.3 Å². The second-order valence-corrected chi connectivity index (χ2v) is 2.88. The smallest absolute Gasteiger partial charge is 0.341 e. The Morgan fingerprint density at radius 2 is 1.93 bits per heavy atom. The third kappa shape index (κ3) is 2.79. The number of thiocarbonyl (C=S) groups is 1. The molecule has 1 aromatic carbocycles. The van der Waals surface area contributed by atoms with Gasteiger partial charge in [0.25, 0.3) is 0 Å². The molecule has 0 aromatic heterocycles. The fourth-order valence-electron chi connectivity index (χ4n) is 0.761. The standard InChI is InChI=1S/C9H8O4S/c10-7(8(11)12)9(14)13-6-4-2-1-3-5-6/h1-5,7,10H,(H,11,12). The predicted molar refractivity (Wildman–Crippen MR) is 53.3 cm³/mol. The van der Waals surface area contributed by atoms with Gasteiger partial charge < -0.3 is 14.9 Å². The van der Waals surface area contributed by atoms with Crippen molar-refractivity contribution in [1.29, 1.82) is 0 Å². The monoisotopic (exact) mass is 212 g/mol. The Balaban J connectivity index is 2.62. The highest BCUT2D eigenvalue weighted by molar-refractivity contribution is 7.80. The number of hydrogen-bond donors (Lipinski definition) is 2. The van der Waals surface area contributed by atoms with Crippen LogP contribution in [0.4, 0.5) is 0 Å². The average molecular weight is 212 g/mol. The van der Waals surface area contributed by atoms with Crippen LogP contribution in [0.5, 0.6) is 5.75 Å². The van der Waals surface area contributed by atoms with Gasteiger partial charge in [-0.25, -0.2) is 4.79 Å². The molecule has 5 heteroatoms. The van der Waals surface area contributed by atoms with Crippen molar-refractivity contribution in [1.82, 2.24) is 0 Å². The number of aliphatic hydroxyl groups excluding tert-OH is 1. The van der Waals surface area contributed by atoms with Crippen LogP contribution >= 0.6 is 12.2 Å². The third-order valence-corrected chi connectivity index (χ3v) is 1.73. The Labute approximate surface area is 85.7 Å². The van der Waals surface area contributed by atoms with Gasteiger partial charge in [0.05, 0.1) is 0 Å². The molecule has 0 spiro atoms. The van der Waals surface area contributed by atoms with E-state index < -0.39 is 12.1 Å². The van der Waals surface area contributed by atoms with E-state index in [9.17, 15) is 4.79 Å². The lowest BCUT2D eigenvalue weighted by Gasteiger charge is -2.08. The fourth-order valence-corrected chi connectivity index (χ4v) is 0.958. The molecule has 2 N–H and O–H groups in total. The van der Waals surface area contributed by atoms with E-state index in [4.69, 9.17) is 14.9 Å². The Morgan fingerprint density at radius 1 is 1.36 bits per heavy atom. The number of para-hydroxylation sites is 1. The van der Waals surface area contributed by atoms with Gasteiger partial charge >= 0.3 is 5.97 Å². The first-order valence-electron chi connectivity index (χ1n) is 3.79. The minimum atomic E-state index is -1.77. The minimum Gasteiger partial charge on any atom is -0.479 e. The molecule has 0 heterocycles. The molecular formula is C9H8O4S. The number of aliphatic carboxylic acids is 1. The summed E-state index contributed by atoms with van der Waals surface area (Å²) < 4.78 is 4.94. The van der Waals surface area contributed by atoms with Crippen LogP contribution in [0.2, 0.25) is 0 Å². The second kappa shape index (κ2) is 4.69. The summed E-state index contributed by atoms with van der Waals surface area (Å²) in [4.78, 5) is 10.3. The Morgan fingerprint density at radius 3 is 2.43 bits per heavy atom.